The summed E-state index contributed by atoms with van der Waals surface area (Å²) in [5.41, 5.74) is 0.0483. The number of carbonyl (C=O) groups excluding carboxylic acids is 1. The Morgan fingerprint density at radius 2 is 1.81 bits per heavy atom. The first kappa shape index (κ1) is 22.6. The van der Waals surface area contributed by atoms with Crippen molar-refractivity contribution in [2.75, 3.05) is 0 Å². The minimum absolute atomic E-state index is 0.142. The number of carboxylic acids is 1. The molecule has 32 heavy (non-hydrogen) atoms. The zero-order valence-electron chi connectivity index (χ0n) is 16.0. The van der Waals surface area contributed by atoms with E-state index >= 15 is 0 Å². The van der Waals surface area contributed by atoms with Gasteiger partial charge in [0.1, 0.15) is 11.6 Å². The van der Waals surface area contributed by atoms with E-state index in [9.17, 15) is 32.3 Å². The summed E-state index contributed by atoms with van der Waals surface area (Å²) in [7, 11) is 0. The molecule has 8 nitrogen and oxygen atoms in total. The summed E-state index contributed by atoms with van der Waals surface area (Å²) in [6.45, 7) is 0. The van der Waals surface area contributed by atoms with Crippen molar-refractivity contribution in [3.63, 3.8) is 0 Å². The van der Waals surface area contributed by atoms with E-state index in [1.807, 2.05) is 0 Å². The minimum Gasteiger partial charge on any atom is -0.493 e. The van der Waals surface area contributed by atoms with Gasteiger partial charge in [0.25, 0.3) is 5.91 Å². The van der Waals surface area contributed by atoms with Gasteiger partial charge >= 0.3 is 12.3 Å². The van der Waals surface area contributed by atoms with Crippen molar-refractivity contribution in [3.05, 3.63) is 71.7 Å². The highest BCUT2D eigenvalue weighted by atomic mass is 19.4. The van der Waals surface area contributed by atoms with Crippen LogP contribution in [0.15, 0.2) is 54.6 Å². The lowest BCUT2D eigenvalue weighted by Gasteiger charge is -2.17. The Bertz CT molecular complexity index is 1130. The number of ether oxygens (including phenoxy) is 1. The number of aliphatic carboxylic acids is 1. The fourth-order valence-electron chi connectivity index (χ4n) is 2.84. The van der Waals surface area contributed by atoms with Crippen LogP contribution >= 0.6 is 0 Å². The van der Waals surface area contributed by atoms with Gasteiger partial charge in [0, 0.05) is 6.07 Å². The fraction of sp³-hybridized carbons (Fsp3) is 0.150. The van der Waals surface area contributed by atoms with E-state index in [2.05, 4.69) is 15.2 Å². The van der Waals surface area contributed by atoms with Gasteiger partial charge in [-0.3, -0.25) is 9.59 Å². The molecule has 0 aliphatic heterocycles. The normalized spacial score (nSPS) is 12.2. The third kappa shape index (κ3) is 5.74. The number of nitrogens with one attached hydrogen (secondary N) is 1. The summed E-state index contributed by atoms with van der Waals surface area (Å²) >= 11 is 0. The number of hydrogen-bond acceptors (Lipinski definition) is 5. The van der Waals surface area contributed by atoms with Crippen molar-refractivity contribution >= 4 is 11.9 Å². The fourth-order valence-corrected chi connectivity index (χ4v) is 2.84. The maximum Gasteiger partial charge on any atom is 0.573 e. The van der Waals surface area contributed by atoms with E-state index in [-0.39, 0.29) is 16.9 Å². The molecule has 0 fully saturated rings. The zero-order chi connectivity index (χ0) is 23.5. The van der Waals surface area contributed by atoms with Gasteiger partial charge in [-0.1, -0.05) is 18.2 Å². The van der Waals surface area contributed by atoms with Crippen molar-refractivity contribution in [3.8, 4) is 17.3 Å². The number of nitrogens with zero attached hydrogens (tertiary/aromatic N) is 2. The monoisotopic (exact) mass is 453 g/mol. The molecular formula is C20H15F4N3O5. The predicted octanol–water partition coefficient (Wildman–Crippen LogP) is 3.56. The third-order valence-electron chi connectivity index (χ3n) is 4.18. The molecule has 0 aliphatic carbocycles. The number of rotatable bonds is 7. The molecule has 0 saturated heterocycles. The topological polar surface area (TPSA) is 114 Å². The molecule has 0 aliphatic rings. The van der Waals surface area contributed by atoms with Crippen LogP contribution in [0.5, 0.6) is 11.6 Å². The van der Waals surface area contributed by atoms with Crippen LogP contribution in [0.25, 0.3) is 5.69 Å². The number of carbonyl (C=O) groups is 2. The Kier molecular flexibility index (Phi) is 6.32. The second kappa shape index (κ2) is 8.96. The van der Waals surface area contributed by atoms with Crippen molar-refractivity contribution in [2.24, 2.45) is 0 Å². The van der Waals surface area contributed by atoms with Gasteiger partial charge in [0.05, 0.1) is 18.2 Å². The molecule has 1 unspecified atom stereocenters. The number of benzene rings is 2. The number of hydrogen-bond donors (Lipinski definition) is 3. The maximum atomic E-state index is 13.4. The number of amides is 1. The standard InChI is InChI=1S/C20H15F4N3O5/c21-12-2-1-3-13(8-12)27-17(28)9-16(26-27)19(31)25-15(10-18(29)30)11-4-6-14(7-5-11)32-20(22,23)24/h1-9,15,28H,10H2,(H,25,31)(H,29,30). The quantitative estimate of drug-likeness (QED) is 0.472. The molecule has 1 aromatic heterocycles. The Morgan fingerprint density at radius 1 is 1.12 bits per heavy atom. The van der Waals surface area contributed by atoms with E-state index in [4.69, 9.17) is 5.11 Å². The van der Waals surface area contributed by atoms with Crippen LogP contribution in [-0.4, -0.2) is 38.2 Å². The van der Waals surface area contributed by atoms with Crippen molar-refractivity contribution in [1.29, 1.82) is 0 Å². The highest BCUT2D eigenvalue weighted by Crippen LogP contribution is 2.26. The molecular weight excluding hydrogens is 438 g/mol. The molecule has 0 bridgehead atoms. The molecule has 1 heterocycles. The van der Waals surface area contributed by atoms with Crippen molar-refractivity contribution < 1.29 is 42.1 Å². The van der Waals surface area contributed by atoms with Crippen LogP contribution < -0.4 is 10.1 Å². The largest absolute Gasteiger partial charge is 0.573 e. The Morgan fingerprint density at radius 3 is 2.41 bits per heavy atom. The Hall–Kier alpha value is -4.09. The van der Waals surface area contributed by atoms with Crippen LogP contribution in [0.4, 0.5) is 17.6 Å². The average molecular weight is 453 g/mol. The van der Waals surface area contributed by atoms with Gasteiger partial charge in [-0.05, 0) is 35.9 Å². The van der Waals surface area contributed by atoms with Gasteiger partial charge in [-0.25, -0.2) is 9.07 Å². The van der Waals surface area contributed by atoms with Crippen LogP contribution in [-0.2, 0) is 4.79 Å². The maximum absolute atomic E-state index is 13.4. The first-order valence-corrected chi connectivity index (χ1v) is 8.95. The van der Waals surface area contributed by atoms with Gasteiger partial charge < -0.3 is 20.3 Å². The van der Waals surface area contributed by atoms with E-state index in [0.29, 0.717) is 0 Å². The number of carboxylic acid groups (broad SMARTS) is 1. The van der Waals surface area contributed by atoms with E-state index in [1.165, 1.54) is 30.3 Å². The summed E-state index contributed by atoms with van der Waals surface area (Å²) in [5.74, 6) is -3.72. The highest BCUT2D eigenvalue weighted by Gasteiger charge is 2.31. The third-order valence-corrected chi connectivity index (χ3v) is 4.18. The number of aromatic hydroxyl groups is 1. The first-order valence-electron chi connectivity index (χ1n) is 8.95. The summed E-state index contributed by atoms with van der Waals surface area (Å²) in [6.07, 6.45) is -5.47. The summed E-state index contributed by atoms with van der Waals surface area (Å²) in [5, 5.41) is 25.5. The van der Waals surface area contributed by atoms with Crippen molar-refractivity contribution in [2.45, 2.75) is 18.8 Å². The molecule has 0 saturated carbocycles. The molecule has 12 heteroatoms. The predicted molar refractivity (Wildman–Crippen MR) is 101 cm³/mol. The average Bonchev–Trinajstić information content (AvgIpc) is 3.08. The second-order valence-electron chi connectivity index (χ2n) is 6.52. The highest BCUT2D eigenvalue weighted by molar-refractivity contribution is 5.93. The summed E-state index contributed by atoms with van der Waals surface area (Å²) < 4.78 is 55.0. The number of aromatic nitrogens is 2. The lowest BCUT2D eigenvalue weighted by Crippen LogP contribution is -2.30. The summed E-state index contributed by atoms with van der Waals surface area (Å²) in [6, 6.07) is 9.26. The van der Waals surface area contributed by atoms with Crippen LogP contribution in [0.2, 0.25) is 0 Å². The molecule has 1 atom stereocenters. The lowest BCUT2D eigenvalue weighted by molar-refractivity contribution is -0.274. The minimum atomic E-state index is -4.89. The zero-order valence-corrected chi connectivity index (χ0v) is 16.0. The smallest absolute Gasteiger partial charge is 0.493 e. The molecule has 3 rings (SSSR count). The molecule has 168 valence electrons. The molecule has 1 amide bonds. The second-order valence-corrected chi connectivity index (χ2v) is 6.52. The summed E-state index contributed by atoms with van der Waals surface area (Å²) in [4.78, 5) is 23.8. The van der Waals surface area contributed by atoms with Gasteiger partial charge in [0.2, 0.25) is 5.88 Å². The molecule has 0 radical (unpaired) electrons. The van der Waals surface area contributed by atoms with Gasteiger partial charge in [-0.2, -0.15) is 5.10 Å². The van der Waals surface area contributed by atoms with Crippen LogP contribution in [0.1, 0.15) is 28.5 Å². The Labute approximate surface area is 177 Å². The van der Waals surface area contributed by atoms with E-state index < -0.39 is 48.1 Å². The van der Waals surface area contributed by atoms with Crippen LogP contribution in [0.3, 0.4) is 0 Å². The first-order chi connectivity index (χ1) is 15.0. The van der Waals surface area contributed by atoms with Crippen molar-refractivity contribution in [1.82, 2.24) is 15.1 Å². The molecule has 3 N–H and O–H groups in total. The SMILES string of the molecule is O=C(O)CC(NC(=O)c1cc(O)n(-c2cccc(F)c2)n1)c1ccc(OC(F)(F)F)cc1. The van der Waals surface area contributed by atoms with E-state index in [1.54, 1.807) is 0 Å². The van der Waals surface area contributed by atoms with Crippen LogP contribution in [0, 0.1) is 5.82 Å². The Balaban J connectivity index is 1.81. The molecule has 0 spiro atoms. The molecule has 3 aromatic rings. The van der Waals surface area contributed by atoms with Gasteiger partial charge in [0.15, 0.2) is 5.69 Å². The molecule has 2 aromatic carbocycles. The van der Waals surface area contributed by atoms with Gasteiger partial charge in [-0.15, -0.1) is 13.2 Å². The number of halogens is 4. The number of alkyl halides is 3. The van der Waals surface area contributed by atoms with E-state index in [0.717, 1.165) is 28.9 Å². The lowest BCUT2D eigenvalue weighted by atomic mass is 10.0.